The molecule has 2 aromatic heterocycles. The van der Waals surface area contributed by atoms with Crippen LogP contribution in [0.1, 0.15) is 33.3 Å². The Kier molecular flexibility index (Phi) is 5.00. The predicted octanol–water partition coefficient (Wildman–Crippen LogP) is 4.02. The molecular weight excluding hydrogens is 263 g/mol. The minimum absolute atomic E-state index is 0.271. The zero-order valence-electron chi connectivity index (χ0n) is 11.9. The molecule has 0 fully saturated rings. The molecular formula is C14H19FN2OS. The maximum atomic E-state index is 13.5. The standard InChI is InChI=1S/C12H13FN2OS.C2H6/c1-8-4-15(12(2,3)7-16)14-11(8)9-5-17-6-10(9)13;1-2/h4-7H,1-3H3;1-2H3. The number of nitrogens with zero attached hydrogens (tertiary/aromatic N) is 2. The van der Waals surface area contributed by atoms with Gasteiger partial charge in [0.2, 0.25) is 0 Å². The first kappa shape index (κ1) is 15.6. The van der Waals surface area contributed by atoms with E-state index in [1.165, 1.54) is 16.7 Å². The summed E-state index contributed by atoms with van der Waals surface area (Å²) < 4.78 is 15.1. The van der Waals surface area contributed by atoms with Gasteiger partial charge in [-0.15, -0.1) is 11.3 Å². The molecule has 0 saturated carbocycles. The maximum absolute atomic E-state index is 13.5. The van der Waals surface area contributed by atoms with E-state index in [1.807, 2.05) is 20.8 Å². The lowest BCUT2D eigenvalue weighted by atomic mass is 10.1. The zero-order chi connectivity index (χ0) is 14.6. The molecule has 0 aliphatic carbocycles. The van der Waals surface area contributed by atoms with Gasteiger partial charge in [0.05, 0.1) is 5.69 Å². The molecule has 2 aromatic rings. The third-order valence-corrected chi connectivity index (χ3v) is 3.36. The van der Waals surface area contributed by atoms with E-state index >= 15 is 0 Å². The summed E-state index contributed by atoms with van der Waals surface area (Å²) in [6, 6.07) is 0. The first-order valence-electron chi connectivity index (χ1n) is 6.21. The van der Waals surface area contributed by atoms with E-state index in [-0.39, 0.29) is 5.82 Å². The van der Waals surface area contributed by atoms with Crippen LogP contribution in [0, 0.1) is 12.7 Å². The van der Waals surface area contributed by atoms with Crippen LogP contribution in [0.2, 0.25) is 0 Å². The first-order valence-corrected chi connectivity index (χ1v) is 7.15. The summed E-state index contributed by atoms with van der Waals surface area (Å²) >= 11 is 1.30. The van der Waals surface area contributed by atoms with Gasteiger partial charge in [-0.05, 0) is 26.3 Å². The van der Waals surface area contributed by atoms with Gasteiger partial charge in [-0.2, -0.15) is 5.10 Å². The van der Waals surface area contributed by atoms with Gasteiger partial charge in [0, 0.05) is 22.5 Å². The molecule has 0 amide bonds. The number of hydrogen-bond donors (Lipinski definition) is 0. The normalized spacial score (nSPS) is 10.8. The fraction of sp³-hybridized carbons (Fsp3) is 0.429. The van der Waals surface area contributed by atoms with Crippen LogP contribution in [0.15, 0.2) is 17.0 Å². The van der Waals surface area contributed by atoms with Crippen molar-refractivity contribution in [3.63, 3.8) is 0 Å². The van der Waals surface area contributed by atoms with Crippen LogP contribution < -0.4 is 0 Å². The molecule has 0 atom stereocenters. The van der Waals surface area contributed by atoms with Gasteiger partial charge in [-0.1, -0.05) is 13.8 Å². The molecule has 2 rings (SSSR count). The lowest BCUT2D eigenvalue weighted by Gasteiger charge is -2.17. The van der Waals surface area contributed by atoms with Crippen LogP contribution in [-0.2, 0) is 10.3 Å². The van der Waals surface area contributed by atoms with Crippen LogP contribution in [0.4, 0.5) is 4.39 Å². The van der Waals surface area contributed by atoms with Crippen molar-refractivity contribution in [2.45, 2.75) is 40.2 Å². The van der Waals surface area contributed by atoms with E-state index in [0.29, 0.717) is 11.3 Å². The number of aromatic nitrogens is 2. The average molecular weight is 282 g/mol. The molecule has 2 heterocycles. The summed E-state index contributed by atoms with van der Waals surface area (Å²) in [5.74, 6) is -0.271. The van der Waals surface area contributed by atoms with Gasteiger partial charge in [0.1, 0.15) is 17.6 Å². The number of rotatable bonds is 3. The van der Waals surface area contributed by atoms with Crippen molar-refractivity contribution in [1.29, 1.82) is 0 Å². The van der Waals surface area contributed by atoms with E-state index < -0.39 is 5.54 Å². The molecule has 0 bridgehead atoms. The summed E-state index contributed by atoms with van der Waals surface area (Å²) in [4.78, 5) is 11.0. The van der Waals surface area contributed by atoms with E-state index in [4.69, 9.17) is 0 Å². The number of aryl methyl sites for hydroxylation is 1. The van der Waals surface area contributed by atoms with Crippen molar-refractivity contribution < 1.29 is 9.18 Å². The van der Waals surface area contributed by atoms with Gasteiger partial charge in [-0.3, -0.25) is 4.68 Å². The molecule has 0 aliphatic heterocycles. The number of thiophene rings is 1. The summed E-state index contributed by atoms with van der Waals surface area (Å²) in [5, 5.41) is 7.48. The Hall–Kier alpha value is -1.49. The molecule has 104 valence electrons. The lowest BCUT2D eigenvalue weighted by molar-refractivity contribution is -0.114. The van der Waals surface area contributed by atoms with Crippen LogP contribution in [0.5, 0.6) is 0 Å². The highest BCUT2D eigenvalue weighted by molar-refractivity contribution is 7.08. The number of carbonyl (C=O) groups excluding carboxylic acids is 1. The Balaban J connectivity index is 0.000000861. The molecule has 19 heavy (non-hydrogen) atoms. The van der Waals surface area contributed by atoms with Crippen molar-refractivity contribution in [1.82, 2.24) is 9.78 Å². The molecule has 0 N–H and O–H groups in total. The number of halogens is 1. The molecule has 0 aromatic carbocycles. The minimum atomic E-state index is -0.713. The fourth-order valence-corrected chi connectivity index (χ4v) is 2.20. The second-order valence-electron chi connectivity index (χ2n) is 4.51. The monoisotopic (exact) mass is 282 g/mol. The van der Waals surface area contributed by atoms with Gasteiger partial charge >= 0.3 is 0 Å². The van der Waals surface area contributed by atoms with Gasteiger partial charge < -0.3 is 4.79 Å². The second-order valence-corrected chi connectivity index (χ2v) is 5.25. The van der Waals surface area contributed by atoms with Gasteiger partial charge in [0.25, 0.3) is 0 Å². The third-order valence-electron chi connectivity index (χ3n) is 2.65. The quantitative estimate of drug-likeness (QED) is 0.797. The van der Waals surface area contributed by atoms with Gasteiger partial charge in [0.15, 0.2) is 0 Å². The van der Waals surface area contributed by atoms with Crippen molar-refractivity contribution in [2.75, 3.05) is 0 Å². The van der Waals surface area contributed by atoms with Crippen LogP contribution >= 0.6 is 11.3 Å². The fourth-order valence-electron chi connectivity index (χ4n) is 1.53. The van der Waals surface area contributed by atoms with Crippen molar-refractivity contribution in [3.05, 3.63) is 28.3 Å². The lowest BCUT2D eigenvalue weighted by Crippen LogP contribution is -2.28. The second kappa shape index (κ2) is 6.10. The summed E-state index contributed by atoms with van der Waals surface area (Å²) in [6.45, 7) is 9.39. The predicted molar refractivity (Wildman–Crippen MR) is 77.0 cm³/mol. The highest BCUT2D eigenvalue weighted by Gasteiger charge is 2.22. The molecule has 0 unspecified atom stereocenters. The highest BCUT2D eigenvalue weighted by Crippen LogP contribution is 2.28. The van der Waals surface area contributed by atoms with Crippen LogP contribution in [0.3, 0.4) is 0 Å². The smallest absolute Gasteiger partial charge is 0.147 e. The van der Waals surface area contributed by atoms with Gasteiger partial charge in [-0.25, -0.2) is 4.39 Å². The molecule has 0 aliphatic rings. The van der Waals surface area contributed by atoms with E-state index in [2.05, 4.69) is 5.10 Å². The largest absolute Gasteiger partial charge is 0.301 e. The third kappa shape index (κ3) is 3.10. The highest BCUT2D eigenvalue weighted by atomic mass is 32.1. The van der Waals surface area contributed by atoms with Crippen LogP contribution in [0.25, 0.3) is 11.3 Å². The zero-order valence-corrected chi connectivity index (χ0v) is 12.7. The molecule has 5 heteroatoms. The topological polar surface area (TPSA) is 34.9 Å². The Bertz CT molecular complexity index is 558. The van der Waals surface area contributed by atoms with E-state index in [9.17, 15) is 9.18 Å². The average Bonchev–Trinajstić information content (AvgIpc) is 2.98. The Labute approximate surface area is 117 Å². The molecule has 3 nitrogen and oxygen atoms in total. The Morgan fingerprint density at radius 1 is 1.37 bits per heavy atom. The SMILES string of the molecule is CC.Cc1cn(C(C)(C)C=O)nc1-c1cscc1F. The Morgan fingerprint density at radius 2 is 2.00 bits per heavy atom. The summed E-state index contributed by atoms with van der Waals surface area (Å²) in [6.07, 6.45) is 2.59. The Morgan fingerprint density at radius 3 is 2.47 bits per heavy atom. The number of aldehydes is 1. The first-order chi connectivity index (χ1) is 8.95. The number of carbonyl (C=O) groups is 1. The maximum Gasteiger partial charge on any atom is 0.147 e. The number of hydrogen-bond acceptors (Lipinski definition) is 3. The minimum Gasteiger partial charge on any atom is -0.301 e. The molecule has 0 spiro atoms. The van der Waals surface area contributed by atoms with Crippen molar-refractivity contribution in [2.24, 2.45) is 0 Å². The van der Waals surface area contributed by atoms with Crippen molar-refractivity contribution in [3.8, 4) is 11.3 Å². The van der Waals surface area contributed by atoms with Crippen LogP contribution in [-0.4, -0.2) is 16.1 Å². The molecule has 0 saturated heterocycles. The van der Waals surface area contributed by atoms with E-state index in [1.54, 1.807) is 30.1 Å². The van der Waals surface area contributed by atoms with Crippen molar-refractivity contribution >= 4 is 17.6 Å². The molecule has 0 radical (unpaired) electrons. The summed E-state index contributed by atoms with van der Waals surface area (Å²) in [5.41, 5.74) is 1.24. The van der Waals surface area contributed by atoms with E-state index in [0.717, 1.165) is 11.8 Å². The summed E-state index contributed by atoms with van der Waals surface area (Å²) in [7, 11) is 0.